The Kier molecular flexibility index (Phi) is 3.02. The summed E-state index contributed by atoms with van der Waals surface area (Å²) in [5.41, 5.74) is 0.726. The van der Waals surface area contributed by atoms with E-state index in [9.17, 15) is 13.6 Å². The lowest BCUT2D eigenvalue weighted by Gasteiger charge is -2.02. The van der Waals surface area contributed by atoms with Crippen LogP contribution in [0.5, 0.6) is 0 Å². The van der Waals surface area contributed by atoms with Crippen LogP contribution in [0.1, 0.15) is 10.4 Å². The molecule has 0 unspecified atom stereocenters. The number of nitrogens with zero attached hydrogens (tertiary/aromatic N) is 1. The van der Waals surface area contributed by atoms with Crippen LogP contribution in [0, 0.1) is 11.6 Å². The van der Waals surface area contributed by atoms with Crippen LogP contribution in [-0.2, 0) is 0 Å². The number of oxazole rings is 1. The van der Waals surface area contributed by atoms with Crippen molar-refractivity contribution in [2.24, 2.45) is 0 Å². The average Bonchev–Trinajstić information content (AvgIpc) is 2.83. The van der Waals surface area contributed by atoms with Crippen molar-refractivity contribution in [1.29, 1.82) is 0 Å². The van der Waals surface area contributed by atoms with Gasteiger partial charge in [-0.15, -0.1) is 0 Å². The van der Waals surface area contributed by atoms with E-state index in [0.717, 1.165) is 12.1 Å². The molecule has 3 rings (SSSR count). The van der Waals surface area contributed by atoms with E-state index in [4.69, 9.17) is 9.52 Å². The summed E-state index contributed by atoms with van der Waals surface area (Å²) in [7, 11) is 0. The number of anilines is 2. The summed E-state index contributed by atoms with van der Waals surface area (Å²) in [5.74, 6) is -2.57. The maximum absolute atomic E-state index is 13.5. The van der Waals surface area contributed by atoms with Crippen molar-refractivity contribution < 1.29 is 23.1 Å². The molecule has 0 aliphatic heterocycles. The molecule has 2 aromatic carbocycles. The smallest absolute Gasteiger partial charge is 0.335 e. The molecule has 2 N–H and O–H groups in total. The first-order valence-corrected chi connectivity index (χ1v) is 5.89. The number of aromatic nitrogens is 1. The number of hydrogen-bond acceptors (Lipinski definition) is 4. The largest absolute Gasteiger partial charge is 0.478 e. The molecule has 0 aliphatic carbocycles. The maximum Gasteiger partial charge on any atom is 0.335 e. The van der Waals surface area contributed by atoms with Crippen LogP contribution < -0.4 is 5.32 Å². The SMILES string of the molecule is O=C(O)c1ccc2nc(Nc3ccc(F)cc3F)oc2c1. The van der Waals surface area contributed by atoms with Crippen molar-refractivity contribution >= 4 is 28.8 Å². The molecule has 0 amide bonds. The normalized spacial score (nSPS) is 10.8. The monoisotopic (exact) mass is 290 g/mol. The molecule has 1 aromatic heterocycles. The van der Waals surface area contributed by atoms with Crippen LogP contribution in [0.15, 0.2) is 40.8 Å². The zero-order valence-corrected chi connectivity index (χ0v) is 10.4. The number of fused-ring (bicyclic) bond motifs is 1. The second-order valence-corrected chi connectivity index (χ2v) is 4.26. The molecular formula is C14H8F2N2O3. The van der Waals surface area contributed by atoms with Gasteiger partial charge in [-0.05, 0) is 30.3 Å². The third-order valence-corrected chi connectivity index (χ3v) is 2.81. The minimum absolute atomic E-state index is 0.00131. The predicted octanol–water partition coefficient (Wildman–Crippen LogP) is 3.55. The van der Waals surface area contributed by atoms with Gasteiger partial charge in [0.25, 0.3) is 6.01 Å². The fourth-order valence-corrected chi connectivity index (χ4v) is 1.82. The minimum Gasteiger partial charge on any atom is -0.478 e. The summed E-state index contributed by atoms with van der Waals surface area (Å²) in [6, 6.07) is 7.20. The number of hydrogen-bond donors (Lipinski definition) is 2. The molecule has 1 heterocycles. The van der Waals surface area contributed by atoms with Gasteiger partial charge >= 0.3 is 5.97 Å². The zero-order chi connectivity index (χ0) is 15.0. The molecule has 0 fully saturated rings. The molecule has 21 heavy (non-hydrogen) atoms. The Labute approximate surface area is 116 Å². The molecule has 5 nitrogen and oxygen atoms in total. The Bertz CT molecular complexity index is 845. The molecule has 0 aliphatic rings. The fourth-order valence-electron chi connectivity index (χ4n) is 1.82. The average molecular weight is 290 g/mol. The lowest BCUT2D eigenvalue weighted by atomic mass is 10.2. The first kappa shape index (κ1) is 13.0. The van der Waals surface area contributed by atoms with Crippen LogP contribution in [-0.4, -0.2) is 16.1 Å². The van der Waals surface area contributed by atoms with E-state index >= 15 is 0 Å². The number of carbonyl (C=O) groups is 1. The molecule has 0 spiro atoms. The number of rotatable bonds is 3. The molecule has 7 heteroatoms. The van der Waals surface area contributed by atoms with Gasteiger partial charge in [0.15, 0.2) is 5.58 Å². The van der Waals surface area contributed by atoms with E-state index in [1.807, 2.05) is 0 Å². The fraction of sp³-hybridized carbons (Fsp3) is 0. The zero-order valence-electron chi connectivity index (χ0n) is 10.4. The van der Waals surface area contributed by atoms with E-state index < -0.39 is 17.6 Å². The second kappa shape index (κ2) is 4.86. The summed E-state index contributed by atoms with van der Waals surface area (Å²) in [6.45, 7) is 0. The van der Waals surface area contributed by atoms with Crippen molar-refractivity contribution in [3.05, 3.63) is 53.6 Å². The van der Waals surface area contributed by atoms with Gasteiger partial charge in [-0.3, -0.25) is 0 Å². The van der Waals surface area contributed by atoms with E-state index in [-0.39, 0.29) is 22.8 Å². The molecule has 0 atom stereocenters. The summed E-state index contributed by atoms with van der Waals surface area (Å²) in [5, 5.41) is 11.5. The number of carboxylic acid groups (broad SMARTS) is 1. The molecule has 3 aromatic rings. The predicted molar refractivity (Wildman–Crippen MR) is 70.6 cm³/mol. The van der Waals surface area contributed by atoms with Crippen molar-refractivity contribution in [3.8, 4) is 0 Å². The lowest BCUT2D eigenvalue weighted by Crippen LogP contribution is -1.94. The minimum atomic E-state index is -1.09. The van der Waals surface area contributed by atoms with Crippen LogP contribution in [0.25, 0.3) is 11.1 Å². The van der Waals surface area contributed by atoms with Gasteiger partial charge in [-0.1, -0.05) is 0 Å². The maximum atomic E-state index is 13.5. The second-order valence-electron chi connectivity index (χ2n) is 4.26. The quantitative estimate of drug-likeness (QED) is 0.771. The van der Waals surface area contributed by atoms with Crippen LogP contribution in [0.3, 0.4) is 0 Å². The van der Waals surface area contributed by atoms with Gasteiger partial charge in [0.1, 0.15) is 17.2 Å². The van der Waals surface area contributed by atoms with E-state index in [0.29, 0.717) is 5.52 Å². The molecule has 0 saturated heterocycles. The topological polar surface area (TPSA) is 75.4 Å². The lowest BCUT2D eigenvalue weighted by molar-refractivity contribution is 0.0697. The molecule has 0 saturated carbocycles. The highest BCUT2D eigenvalue weighted by atomic mass is 19.1. The van der Waals surface area contributed by atoms with Gasteiger partial charge < -0.3 is 14.8 Å². The summed E-state index contributed by atoms with van der Waals surface area (Å²) in [6.07, 6.45) is 0. The highest BCUT2D eigenvalue weighted by Gasteiger charge is 2.11. The van der Waals surface area contributed by atoms with Gasteiger partial charge in [-0.25, -0.2) is 13.6 Å². The molecule has 0 bridgehead atoms. The molecule has 0 radical (unpaired) electrons. The number of nitrogens with one attached hydrogen (secondary N) is 1. The Morgan fingerprint density at radius 1 is 1.19 bits per heavy atom. The van der Waals surface area contributed by atoms with Crippen LogP contribution in [0.2, 0.25) is 0 Å². The summed E-state index contributed by atoms with van der Waals surface area (Å²) >= 11 is 0. The van der Waals surface area contributed by atoms with E-state index in [2.05, 4.69) is 10.3 Å². The number of halogens is 2. The van der Waals surface area contributed by atoms with Crippen molar-refractivity contribution in [3.63, 3.8) is 0 Å². The van der Waals surface area contributed by atoms with E-state index in [1.54, 1.807) is 0 Å². The van der Waals surface area contributed by atoms with Crippen LogP contribution >= 0.6 is 0 Å². The standard InChI is InChI=1S/C14H8F2N2O3/c15-8-2-4-10(9(16)6-8)17-14-18-11-3-1-7(13(19)20)5-12(11)21-14/h1-6H,(H,17,18)(H,19,20). The van der Waals surface area contributed by atoms with Crippen molar-refractivity contribution in [1.82, 2.24) is 4.98 Å². The van der Waals surface area contributed by atoms with Gasteiger partial charge in [0.2, 0.25) is 0 Å². The highest BCUT2D eigenvalue weighted by molar-refractivity contribution is 5.92. The van der Waals surface area contributed by atoms with Gasteiger partial charge in [-0.2, -0.15) is 4.98 Å². The Hall–Kier alpha value is -2.96. The number of carboxylic acids is 1. The number of aromatic carboxylic acids is 1. The first-order valence-electron chi connectivity index (χ1n) is 5.89. The van der Waals surface area contributed by atoms with Gasteiger partial charge in [0.05, 0.1) is 11.3 Å². The van der Waals surface area contributed by atoms with Crippen molar-refractivity contribution in [2.45, 2.75) is 0 Å². The summed E-state index contributed by atoms with van der Waals surface area (Å²) in [4.78, 5) is 14.9. The van der Waals surface area contributed by atoms with Crippen molar-refractivity contribution in [2.75, 3.05) is 5.32 Å². The van der Waals surface area contributed by atoms with E-state index in [1.165, 1.54) is 24.3 Å². The van der Waals surface area contributed by atoms with Gasteiger partial charge in [0, 0.05) is 6.07 Å². The Morgan fingerprint density at radius 3 is 2.71 bits per heavy atom. The third-order valence-electron chi connectivity index (χ3n) is 2.81. The Morgan fingerprint density at radius 2 is 2.00 bits per heavy atom. The molecule has 106 valence electrons. The first-order chi connectivity index (χ1) is 10.0. The highest BCUT2D eigenvalue weighted by Crippen LogP contribution is 2.24. The number of benzene rings is 2. The van der Waals surface area contributed by atoms with Crippen LogP contribution in [0.4, 0.5) is 20.5 Å². The Balaban J connectivity index is 1.95. The third kappa shape index (κ3) is 2.53. The summed E-state index contributed by atoms with van der Waals surface area (Å²) < 4.78 is 31.6. The molecular weight excluding hydrogens is 282 g/mol.